The molecule has 1 N–H and O–H groups in total. The van der Waals surface area contributed by atoms with Crippen molar-refractivity contribution in [2.45, 2.75) is 6.42 Å². The van der Waals surface area contributed by atoms with E-state index < -0.39 is 0 Å². The van der Waals surface area contributed by atoms with E-state index in [2.05, 4.69) is 25.5 Å². The van der Waals surface area contributed by atoms with Crippen molar-refractivity contribution in [1.29, 1.82) is 0 Å². The molecule has 2 aromatic carbocycles. The van der Waals surface area contributed by atoms with E-state index in [0.29, 0.717) is 11.8 Å². The van der Waals surface area contributed by atoms with Gasteiger partial charge in [-0.25, -0.2) is 0 Å². The van der Waals surface area contributed by atoms with Crippen LogP contribution >= 0.6 is 0 Å². The first-order chi connectivity index (χ1) is 14.8. The van der Waals surface area contributed by atoms with Gasteiger partial charge in [0, 0.05) is 31.7 Å². The van der Waals surface area contributed by atoms with E-state index in [4.69, 9.17) is 4.74 Å². The van der Waals surface area contributed by atoms with Crippen molar-refractivity contribution in [2.75, 3.05) is 23.8 Å². The lowest BCUT2D eigenvalue weighted by Crippen LogP contribution is -2.23. The van der Waals surface area contributed by atoms with Crippen molar-refractivity contribution in [2.24, 2.45) is 0 Å². The second-order valence-corrected chi connectivity index (χ2v) is 6.73. The number of nitrogens with zero attached hydrogens (tertiary/aromatic N) is 5. The van der Waals surface area contributed by atoms with Crippen molar-refractivity contribution >= 4 is 17.5 Å². The topological polar surface area (TPSA) is 76.1 Å². The maximum Gasteiger partial charge on any atom is 0.247 e. The minimum Gasteiger partial charge on any atom is -0.457 e. The summed E-state index contributed by atoms with van der Waals surface area (Å²) in [6, 6.07) is 21.4. The lowest BCUT2D eigenvalue weighted by atomic mass is 10.2. The van der Waals surface area contributed by atoms with E-state index in [0.717, 1.165) is 30.2 Å². The van der Waals surface area contributed by atoms with Crippen LogP contribution in [0.25, 0.3) is 0 Å². The third-order valence-electron chi connectivity index (χ3n) is 4.48. The van der Waals surface area contributed by atoms with E-state index in [1.807, 2.05) is 78.7 Å². The minimum absolute atomic E-state index is 0.568. The molecule has 0 saturated carbocycles. The highest BCUT2D eigenvalue weighted by Crippen LogP contribution is 2.24. The summed E-state index contributed by atoms with van der Waals surface area (Å²) in [4.78, 5) is 10.6. The maximum atomic E-state index is 5.82. The highest BCUT2D eigenvalue weighted by Gasteiger charge is 2.07. The third kappa shape index (κ3) is 5.29. The summed E-state index contributed by atoms with van der Waals surface area (Å²) in [6.07, 6.45) is 6.08. The van der Waals surface area contributed by atoms with E-state index in [1.54, 1.807) is 18.6 Å². The summed E-state index contributed by atoms with van der Waals surface area (Å²) < 4.78 is 5.82. The van der Waals surface area contributed by atoms with Crippen LogP contribution in [0.1, 0.15) is 5.56 Å². The van der Waals surface area contributed by atoms with Gasteiger partial charge in [0.1, 0.15) is 11.5 Å². The van der Waals surface area contributed by atoms with Gasteiger partial charge in [0.2, 0.25) is 5.95 Å². The first kappa shape index (κ1) is 19.3. The molecule has 0 aliphatic rings. The van der Waals surface area contributed by atoms with Gasteiger partial charge in [-0.2, -0.15) is 10.1 Å². The molecule has 0 aliphatic heterocycles. The average molecular weight is 398 g/mol. The summed E-state index contributed by atoms with van der Waals surface area (Å²) in [6.45, 7) is 0.778. The number of para-hydroxylation sites is 1. The normalized spacial score (nSPS) is 10.4. The summed E-state index contributed by atoms with van der Waals surface area (Å²) in [5, 5.41) is 11.5. The Morgan fingerprint density at radius 1 is 0.900 bits per heavy atom. The standard InChI is InChI=1S/C23H22N6O/c1-29(16-13-18-11-14-24-15-12-18)23-27-22(17-25-28-23)26-19-7-9-21(10-8-19)30-20-5-3-2-4-6-20/h2-12,14-15,17H,13,16H2,1H3,(H,26,27,28). The molecule has 0 amide bonds. The minimum atomic E-state index is 0.568. The van der Waals surface area contributed by atoms with Crippen LogP contribution in [-0.2, 0) is 6.42 Å². The Labute approximate surface area is 175 Å². The molecular formula is C23H22N6O. The number of rotatable bonds is 8. The first-order valence-electron chi connectivity index (χ1n) is 9.66. The predicted molar refractivity (Wildman–Crippen MR) is 117 cm³/mol. The molecule has 7 nitrogen and oxygen atoms in total. The number of aromatic nitrogens is 4. The second kappa shape index (κ2) is 9.47. The molecule has 0 saturated heterocycles. The molecule has 0 aliphatic carbocycles. The number of ether oxygens (including phenoxy) is 1. The van der Waals surface area contributed by atoms with Gasteiger partial charge < -0.3 is 15.0 Å². The Bertz CT molecular complexity index is 1060. The Morgan fingerprint density at radius 2 is 1.63 bits per heavy atom. The Kier molecular flexibility index (Phi) is 6.10. The quantitative estimate of drug-likeness (QED) is 0.469. The van der Waals surface area contributed by atoms with Gasteiger partial charge in [-0.3, -0.25) is 4.98 Å². The monoisotopic (exact) mass is 398 g/mol. The van der Waals surface area contributed by atoms with E-state index >= 15 is 0 Å². The van der Waals surface area contributed by atoms with Crippen LogP contribution in [0, 0.1) is 0 Å². The van der Waals surface area contributed by atoms with Crippen LogP contribution < -0.4 is 15.0 Å². The fourth-order valence-electron chi connectivity index (χ4n) is 2.84. The van der Waals surface area contributed by atoms with Crippen LogP contribution in [-0.4, -0.2) is 33.8 Å². The molecule has 0 radical (unpaired) electrons. The van der Waals surface area contributed by atoms with Crippen molar-refractivity contribution in [3.8, 4) is 11.5 Å². The average Bonchev–Trinajstić information content (AvgIpc) is 2.80. The van der Waals surface area contributed by atoms with Crippen LogP contribution in [0.2, 0.25) is 0 Å². The van der Waals surface area contributed by atoms with Crippen molar-refractivity contribution in [3.05, 3.63) is 90.9 Å². The molecule has 30 heavy (non-hydrogen) atoms. The Morgan fingerprint density at radius 3 is 2.40 bits per heavy atom. The van der Waals surface area contributed by atoms with Crippen molar-refractivity contribution < 1.29 is 4.74 Å². The van der Waals surface area contributed by atoms with E-state index in [-0.39, 0.29) is 0 Å². The Hall–Kier alpha value is -4.00. The number of pyridine rings is 1. The summed E-state index contributed by atoms with van der Waals surface area (Å²) >= 11 is 0. The molecule has 2 aromatic heterocycles. The van der Waals surface area contributed by atoms with Crippen LogP contribution in [0.4, 0.5) is 17.5 Å². The van der Waals surface area contributed by atoms with Gasteiger partial charge in [0.25, 0.3) is 0 Å². The molecule has 4 rings (SSSR count). The summed E-state index contributed by atoms with van der Waals surface area (Å²) in [5.41, 5.74) is 2.11. The van der Waals surface area contributed by atoms with Crippen LogP contribution in [0.5, 0.6) is 11.5 Å². The number of nitrogens with one attached hydrogen (secondary N) is 1. The highest BCUT2D eigenvalue weighted by atomic mass is 16.5. The largest absolute Gasteiger partial charge is 0.457 e. The molecule has 0 spiro atoms. The zero-order valence-corrected chi connectivity index (χ0v) is 16.6. The van der Waals surface area contributed by atoms with Gasteiger partial charge in [-0.1, -0.05) is 18.2 Å². The first-order valence-corrected chi connectivity index (χ1v) is 9.66. The van der Waals surface area contributed by atoms with Gasteiger partial charge >= 0.3 is 0 Å². The van der Waals surface area contributed by atoms with Crippen molar-refractivity contribution in [1.82, 2.24) is 20.2 Å². The molecule has 7 heteroatoms. The molecule has 0 fully saturated rings. The molecule has 150 valence electrons. The second-order valence-electron chi connectivity index (χ2n) is 6.73. The molecule has 0 unspecified atom stereocenters. The smallest absolute Gasteiger partial charge is 0.247 e. The number of hydrogen-bond donors (Lipinski definition) is 1. The predicted octanol–water partition coefficient (Wildman–Crippen LogP) is 4.48. The van der Waals surface area contributed by atoms with Crippen LogP contribution in [0.15, 0.2) is 85.3 Å². The molecule has 4 aromatic rings. The van der Waals surface area contributed by atoms with Gasteiger partial charge in [0.05, 0.1) is 6.20 Å². The molecule has 2 heterocycles. The van der Waals surface area contributed by atoms with E-state index in [1.165, 1.54) is 5.56 Å². The number of likely N-dealkylation sites (N-methyl/N-ethyl adjacent to an activating group) is 1. The summed E-state index contributed by atoms with van der Waals surface area (Å²) in [5.74, 6) is 2.77. The maximum absolute atomic E-state index is 5.82. The highest BCUT2D eigenvalue weighted by molar-refractivity contribution is 5.57. The lowest BCUT2D eigenvalue weighted by Gasteiger charge is -2.17. The lowest BCUT2D eigenvalue weighted by molar-refractivity contribution is 0.483. The fourth-order valence-corrected chi connectivity index (χ4v) is 2.84. The van der Waals surface area contributed by atoms with Crippen molar-refractivity contribution in [3.63, 3.8) is 0 Å². The molecule has 0 bridgehead atoms. The fraction of sp³-hybridized carbons (Fsp3) is 0.130. The van der Waals surface area contributed by atoms with Crippen LogP contribution in [0.3, 0.4) is 0 Å². The molecular weight excluding hydrogens is 376 g/mol. The van der Waals surface area contributed by atoms with Gasteiger partial charge in [0.15, 0.2) is 5.82 Å². The Balaban J connectivity index is 1.36. The zero-order chi connectivity index (χ0) is 20.6. The third-order valence-corrected chi connectivity index (χ3v) is 4.48. The van der Waals surface area contributed by atoms with Gasteiger partial charge in [-0.15, -0.1) is 5.10 Å². The SMILES string of the molecule is CN(CCc1ccncc1)c1nncc(Nc2ccc(Oc3ccccc3)cc2)n1. The van der Waals surface area contributed by atoms with Gasteiger partial charge in [-0.05, 0) is 60.5 Å². The van der Waals surface area contributed by atoms with E-state index in [9.17, 15) is 0 Å². The molecule has 0 atom stereocenters. The number of anilines is 3. The zero-order valence-electron chi connectivity index (χ0n) is 16.6. The summed E-state index contributed by atoms with van der Waals surface area (Å²) in [7, 11) is 1.96. The number of hydrogen-bond acceptors (Lipinski definition) is 7. The number of benzene rings is 2.